The van der Waals surface area contributed by atoms with Crippen molar-refractivity contribution in [1.82, 2.24) is 30.4 Å². The topological polar surface area (TPSA) is 79.4 Å². The summed E-state index contributed by atoms with van der Waals surface area (Å²) < 4.78 is 11.4. The number of H-pyrrole nitrogens is 1. The molecular formula is C27H36N6O2. The molecule has 2 aromatic carbocycles. The Morgan fingerprint density at radius 3 is 2.31 bits per heavy atom. The number of tetrazole rings is 1. The molecule has 0 saturated carbocycles. The highest BCUT2D eigenvalue weighted by Gasteiger charge is 2.35. The molecule has 8 heteroatoms. The van der Waals surface area contributed by atoms with E-state index in [0.717, 1.165) is 54.9 Å². The number of benzene rings is 2. The lowest BCUT2D eigenvalue weighted by molar-refractivity contribution is -0.0905. The van der Waals surface area contributed by atoms with Gasteiger partial charge < -0.3 is 19.3 Å². The monoisotopic (exact) mass is 476 g/mol. The third kappa shape index (κ3) is 5.39. The number of unbranched alkanes of at least 4 members (excludes halogenated alkanes) is 1. The van der Waals surface area contributed by atoms with Gasteiger partial charge in [-0.15, -0.1) is 5.10 Å². The molecule has 1 aliphatic rings. The number of hydrogen-bond donors (Lipinski definition) is 1. The summed E-state index contributed by atoms with van der Waals surface area (Å²) >= 11 is 0. The van der Waals surface area contributed by atoms with Crippen molar-refractivity contribution in [3.05, 3.63) is 65.5 Å². The SMILES string of the molecule is CCCCC1=C(C(OC)OC)N(C(C)C)CN1Cc1ccc(-c2ccccc2-c2nnn[nH]2)cc1. The molecule has 0 amide bonds. The highest BCUT2D eigenvalue weighted by molar-refractivity contribution is 5.80. The summed E-state index contributed by atoms with van der Waals surface area (Å²) in [6.45, 7) is 8.34. The van der Waals surface area contributed by atoms with Crippen molar-refractivity contribution in [3.8, 4) is 22.5 Å². The fraction of sp³-hybridized carbons (Fsp3) is 0.444. The highest BCUT2D eigenvalue weighted by atomic mass is 16.7. The molecular weight excluding hydrogens is 440 g/mol. The van der Waals surface area contributed by atoms with Crippen LogP contribution < -0.4 is 0 Å². The third-order valence-electron chi connectivity index (χ3n) is 6.52. The van der Waals surface area contributed by atoms with E-state index in [4.69, 9.17) is 9.47 Å². The Balaban J connectivity index is 1.60. The maximum atomic E-state index is 5.71. The quantitative estimate of drug-likeness (QED) is 0.389. The van der Waals surface area contributed by atoms with Crippen molar-refractivity contribution in [2.24, 2.45) is 0 Å². The fourth-order valence-electron chi connectivity index (χ4n) is 4.71. The van der Waals surface area contributed by atoms with E-state index in [0.29, 0.717) is 11.9 Å². The Labute approximate surface area is 207 Å². The van der Waals surface area contributed by atoms with E-state index < -0.39 is 0 Å². The minimum Gasteiger partial charge on any atom is -0.351 e. The molecule has 0 saturated heterocycles. The summed E-state index contributed by atoms with van der Waals surface area (Å²) in [6.07, 6.45) is 2.92. The molecule has 2 heterocycles. The Kier molecular flexibility index (Phi) is 8.15. The van der Waals surface area contributed by atoms with Gasteiger partial charge in [0.05, 0.1) is 12.4 Å². The normalized spacial score (nSPS) is 14.1. The van der Waals surface area contributed by atoms with Gasteiger partial charge in [0.25, 0.3) is 0 Å². The second-order valence-electron chi connectivity index (χ2n) is 9.13. The fourth-order valence-corrected chi connectivity index (χ4v) is 4.71. The summed E-state index contributed by atoms with van der Waals surface area (Å²) in [4.78, 5) is 4.87. The molecule has 1 N–H and O–H groups in total. The molecule has 8 nitrogen and oxygen atoms in total. The van der Waals surface area contributed by atoms with Gasteiger partial charge >= 0.3 is 0 Å². The number of hydrogen-bond acceptors (Lipinski definition) is 7. The third-order valence-corrected chi connectivity index (χ3v) is 6.52. The first kappa shape index (κ1) is 24.9. The van der Waals surface area contributed by atoms with Gasteiger partial charge in [0.1, 0.15) is 0 Å². The molecule has 4 rings (SSSR count). The van der Waals surface area contributed by atoms with E-state index in [2.05, 4.69) is 81.5 Å². The lowest BCUT2D eigenvalue weighted by Crippen LogP contribution is -2.36. The molecule has 0 aliphatic carbocycles. The van der Waals surface area contributed by atoms with Crippen LogP contribution in [0.15, 0.2) is 59.9 Å². The number of aromatic nitrogens is 4. The number of ether oxygens (including phenoxy) is 2. The Hall–Kier alpha value is -3.23. The molecule has 0 fully saturated rings. The molecule has 1 aliphatic heterocycles. The van der Waals surface area contributed by atoms with Gasteiger partial charge in [-0.1, -0.05) is 61.9 Å². The zero-order chi connectivity index (χ0) is 24.8. The van der Waals surface area contributed by atoms with E-state index in [-0.39, 0.29) is 6.29 Å². The van der Waals surface area contributed by atoms with Crippen LogP contribution in [0.25, 0.3) is 22.5 Å². The molecule has 0 atom stereocenters. The van der Waals surface area contributed by atoms with Gasteiger partial charge in [0.15, 0.2) is 12.1 Å². The van der Waals surface area contributed by atoms with Crippen LogP contribution in [0.3, 0.4) is 0 Å². The van der Waals surface area contributed by atoms with Crippen LogP contribution in [-0.4, -0.2) is 63.6 Å². The number of rotatable bonds is 11. The molecule has 0 bridgehead atoms. The molecule has 0 unspecified atom stereocenters. The van der Waals surface area contributed by atoms with Gasteiger partial charge in [-0.25, -0.2) is 5.10 Å². The zero-order valence-corrected chi connectivity index (χ0v) is 21.4. The summed E-state index contributed by atoms with van der Waals surface area (Å²) in [5.41, 5.74) is 6.95. The largest absolute Gasteiger partial charge is 0.351 e. The van der Waals surface area contributed by atoms with Crippen LogP contribution in [0.1, 0.15) is 45.6 Å². The number of allylic oxidation sites excluding steroid dienone is 1. The zero-order valence-electron chi connectivity index (χ0n) is 21.4. The first-order chi connectivity index (χ1) is 17.1. The Bertz CT molecular complexity index is 1110. The maximum absolute atomic E-state index is 5.71. The van der Waals surface area contributed by atoms with Crippen molar-refractivity contribution in [1.29, 1.82) is 0 Å². The van der Waals surface area contributed by atoms with E-state index in [1.807, 2.05) is 18.2 Å². The van der Waals surface area contributed by atoms with Crippen molar-refractivity contribution in [2.45, 2.75) is 58.9 Å². The van der Waals surface area contributed by atoms with Crippen molar-refractivity contribution < 1.29 is 9.47 Å². The van der Waals surface area contributed by atoms with Crippen LogP contribution in [0.4, 0.5) is 0 Å². The van der Waals surface area contributed by atoms with Crippen LogP contribution in [0, 0.1) is 0 Å². The predicted octanol–water partition coefficient (Wildman–Crippen LogP) is 5.04. The van der Waals surface area contributed by atoms with Crippen molar-refractivity contribution in [3.63, 3.8) is 0 Å². The molecule has 35 heavy (non-hydrogen) atoms. The summed E-state index contributed by atoms with van der Waals surface area (Å²) in [5.74, 6) is 0.666. The average molecular weight is 477 g/mol. The molecule has 1 aromatic heterocycles. The second kappa shape index (κ2) is 11.5. The number of nitrogens with one attached hydrogen (secondary N) is 1. The van der Waals surface area contributed by atoms with E-state index in [1.165, 1.54) is 11.3 Å². The lowest BCUT2D eigenvalue weighted by Gasteiger charge is -2.30. The van der Waals surface area contributed by atoms with E-state index in [9.17, 15) is 0 Å². The van der Waals surface area contributed by atoms with Gasteiger partial charge in [-0.2, -0.15) is 0 Å². The molecule has 0 radical (unpaired) electrons. The van der Waals surface area contributed by atoms with Gasteiger partial charge in [-0.3, -0.25) is 0 Å². The average Bonchev–Trinajstić information content (AvgIpc) is 3.53. The van der Waals surface area contributed by atoms with E-state index in [1.54, 1.807) is 14.2 Å². The Morgan fingerprint density at radius 2 is 1.71 bits per heavy atom. The van der Waals surface area contributed by atoms with Gasteiger partial charge in [-0.05, 0) is 53.8 Å². The van der Waals surface area contributed by atoms with Crippen LogP contribution >= 0.6 is 0 Å². The molecule has 0 spiro atoms. The van der Waals surface area contributed by atoms with Crippen LogP contribution in [0.5, 0.6) is 0 Å². The second-order valence-corrected chi connectivity index (χ2v) is 9.13. The molecule has 186 valence electrons. The first-order valence-electron chi connectivity index (χ1n) is 12.3. The van der Waals surface area contributed by atoms with E-state index >= 15 is 0 Å². The first-order valence-corrected chi connectivity index (χ1v) is 12.3. The number of methoxy groups -OCH3 is 2. The van der Waals surface area contributed by atoms with Crippen molar-refractivity contribution >= 4 is 0 Å². The predicted molar refractivity (Wildman–Crippen MR) is 137 cm³/mol. The van der Waals surface area contributed by atoms with Crippen LogP contribution in [0.2, 0.25) is 0 Å². The Morgan fingerprint density at radius 1 is 1.00 bits per heavy atom. The van der Waals surface area contributed by atoms with Crippen molar-refractivity contribution in [2.75, 3.05) is 20.9 Å². The minimum atomic E-state index is -0.362. The van der Waals surface area contributed by atoms with Crippen LogP contribution in [-0.2, 0) is 16.0 Å². The highest BCUT2D eigenvalue weighted by Crippen LogP contribution is 2.35. The number of aromatic amines is 1. The summed E-state index contributed by atoms with van der Waals surface area (Å²) in [7, 11) is 3.43. The number of nitrogens with zero attached hydrogens (tertiary/aromatic N) is 5. The van der Waals surface area contributed by atoms with Gasteiger partial charge in [0, 0.05) is 38.1 Å². The smallest absolute Gasteiger partial charge is 0.200 e. The molecule has 3 aromatic rings. The maximum Gasteiger partial charge on any atom is 0.200 e. The minimum absolute atomic E-state index is 0.351. The standard InChI is InChI=1S/C27H36N6O2/c1-6-7-12-24-25(27(34-4)35-5)33(19(2)3)18-32(24)17-20-13-15-21(16-14-20)22-10-8-9-11-23(22)26-28-30-31-29-26/h8-11,13-16,19,27H,6-7,12,17-18H2,1-5H3,(H,28,29,30,31). The summed E-state index contributed by atoms with van der Waals surface area (Å²) in [6, 6.07) is 17.3. The summed E-state index contributed by atoms with van der Waals surface area (Å²) in [5, 5.41) is 14.4. The van der Waals surface area contributed by atoms with Gasteiger partial charge in [0.2, 0.25) is 0 Å². The lowest BCUT2D eigenvalue weighted by atomic mass is 9.98.